The Labute approximate surface area is 249 Å². The average Bonchev–Trinajstić information content (AvgIpc) is 3.33. The minimum atomic E-state index is 0.245. The lowest BCUT2D eigenvalue weighted by Gasteiger charge is -2.16. The molecule has 0 unspecified atom stereocenters. The van der Waals surface area contributed by atoms with Crippen LogP contribution >= 0.6 is 0 Å². The van der Waals surface area contributed by atoms with Crippen molar-refractivity contribution >= 4 is 22.5 Å². The number of rotatable bonds is 9. The van der Waals surface area contributed by atoms with Gasteiger partial charge in [-0.1, -0.05) is 24.3 Å². The van der Waals surface area contributed by atoms with Crippen molar-refractivity contribution in [3.8, 4) is 40.2 Å². The molecule has 3 heterocycles. The van der Waals surface area contributed by atoms with Crippen LogP contribution in [0.2, 0.25) is 0 Å². The Morgan fingerprint density at radius 3 is 2.35 bits per heavy atom. The Morgan fingerprint density at radius 2 is 1.63 bits per heavy atom. The molecule has 0 aliphatic heterocycles. The molecule has 0 bridgehead atoms. The Morgan fingerprint density at radius 1 is 0.837 bits per heavy atom. The highest BCUT2D eigenvalue weighted by Gasteiger charge is 2.23. The van der Waals surface area contributed by atoms with E-state index in [0.717, 1.165) is 50.5 Å². The van der Waals surface area contributed by atoms with Crippen molar-refractivity contribution in [3.05, 3.63) is 102 Å². The van der Waals surface area contributed by atoms with Gasteiger partial charge in [-0.2, -0.15) is 0 Å². The molecular formula is C33H31N7O3. The van der Waals surface area contributed by atoms with E-state index >= 15 is 0 Å². The number of nitrogen functional groups attached to an aromatic ring is 1. The number of ether oxygens (including phenoxy) is 3. The Kier molecular flexibility index (Phi) is 7.48. The first kappa shape index (κ1) is 27.5. The molecule has 10 nitrogen and oxygen atoms in total. The fourth-order valence-corrected chi connectivity index (χ4v) is 5.01. The number of aromatic nitrogens is 5. The summed E-state index contributed by atoms with van der Waals surface area (Å²) in [7, 11) is 3.26. The van der Waals surface area contributed by atoms with Crippen LogP contribution in [0.5, 0.6) is 23.3 Å². The molecule has 0 aliphatic rings. The molecule has 0 saturated heterocycles. The highest BCUT2D eigenvalue weighted by atomic mass is 16.5. The topological polar surface area (TPSA) is 122 Å². The summed E-state index contributed by atoms with van der Waals surface area (Å²) in [4.78, 5) is 18.0. The molecule has 3 N–H and O–H groups in total. The number of nitrogens with zero attached hydrogens (tertiary/aromatic N) is 5. The van der Waals surface area contributed by atoms with Crippen LogP contribution < -0.4 is 25.3 Å². The summed E-state index contributed by atoms with van der Waals surface area (Å²) < 4.78 is 19.2. The van der Waals surface area contributed by atoms with Gasteiger partial charge < -0.3 is 29.8 Å². The second kappa shape index (κ2) is 11.7. The molecule has 6 aromatic rings. The summed E-state index contributed by atoms with van der Waals surface area (Å²) in [5.74, 6) is 2.52. The lowest BCUT2D eigenvalue weighted by molar-refractivity contribution is 0.367. The number of fused-ring (bicyclic) bond motifs is 1. The number of aryl methyl sites for hydroxylation is 2. The van der Waals surface area contributed by atoms with Crippen molar-refractivity contribution in [1.29, 1.82) is 0 Å². The first-order chi connectivity index (χ1) is 20.9. The fraction of sp³-hybridized carbons (Fsp3) is 0.152. The molecule has 10 heteroatoms. The van der Waals surface area contributed by atoms with Gasteiger partial charge in [0.15, 0.2) is 17.3 Å². The Bertz CT molecular complexity index is 1900. The molecule has 0 fully saturated rings. The van der Waals surface area contributed by atoms with Crippen LogP contribution in [0.15, 0.2) is 85.3 Å². The average molecular weight is 574 g/mol. The van der Waals surface area contributed by atoms with Crippen molar-refractivity contribution in [2.75, 3.05) is 25.3 Å². The molecule has 0 atom stereocenters. The molecule has 3 aromatic heterocycles. The quantitative estimate of drug-likeness (QED) is 0.187. The first-order valence-corrected chi connectivity index (χ1v) is 13.7. The number of nitrogens with one attached hydrogen (secondary N) is 1. The molecule has 0 aliphatic carbocycles. The minimum absolute atomic E-state index is 0.245. The SMILES string of the molecule is COc1ccc(CNc2ncnc3c(C)c(-c4ccc(N)cc4)n(-c4ccc(Oc5nccc(C)n5)c(OC)c4)c23)cc1. The smallest absolute Gasteiger partial charge is 0.322 e. The van der Waals surface area contributed by atoms with Crippen LogP contribution in [-0.2, 0) is 6.54 Å². The van der Waals surface area contributed by atoms with Gasteiger partial charge >= 0.3 is 6.01 Å². The molecule has 216 valence electrons. The predicted molar refractivity (Wildman–Crippen MR) is 167 cm³/mol. The van der Waals surface area contributed by atoms with Gasteiger partial charge in [0.2, 0.25) is 0 Å². The zero-order chi connectivity index (χ0) is 29.9. The summed E-state index contributed by atoms with van der Waals surface area (Å²) in [6.45, 7) is 4.51. The molecule has 3 aromatic carbocycles. The van der Waals surface area contributed by atoms with Gasteiger partial charge in [-0.3, -0.25) is 0 Å². The van der Waals surface area contributed by atoms with E-state index in [-0.39, 0.29) is 6.01 Å². The van der Waals surface area contributed by atoms with Crippen molar-refractivity contribution in [1.82, 2.24) is 24.5 Å². The van der Waals surface area contributed by atoms with Gasteiger partial charge in [-0.05, 0) is 67.4 Å². The van der Waals surface area contributed by atoms with E-state index in [2.05, 4.69) is 31.8 Å². The van der Waals surface area contributed by atoms with E-state index in [4.69, 9.17) is 24.9 Å². The molecule has 6 rings (SSSR count). The number of benzene rings is 3. The highest BCUT2D eigenvalue weighted by Crippen LogP contribution is 2.40. The third kappa shape index (κ3) is 5.50. The van der Waals surface area contributed by atoms with E-state index in [1.807, 2.05) is 79.7 Å². The maximum Gasteiger partial charge on any atom is 0.322 e. The lowest BCUT2D eigenvalue weighted by atomic mass is 10.1. The number of methoxy groups -OCH3 is 2. The van der Waals surface area contributed by atoms with E-state index in [1.165, 1.54) is 0 Å². The molecule has 0 saturated carbocycles. The van der Waals surface area contributed by atoms with Crippen LogP contribution in [0.4, 0.5) is 11.5 Å². The van der Waals surface area contributed by atoms with Gasteiger partial charge in [0, 0.05) is 35.8 Å². The monoisotopic (exact) mass is 573 g/mol. The Balaban J connectivity index is 1.49. The third-order valence-corrected chi connectivity index (χ3v) is 7.16. The van der Waals surface area contributed by atoms with Gasteiger partial charge in [0.05, 0.1) is 31.1 Å². The summed E-state index contributed by atoms with van der Waals surface area (Å²) in [5.41, 5.74) is 14.1. The van der Waals surface area contributed by atoms with Gasteiger partial charge in [-0.15, -0.1) is 0 Å². The van der Waals surface area contributed by atoms with Crippen molar-refractivity contribution in [2.24, 2.45) is 0 Å². The summed E-state index contributed by atoms with van der Waals surface area (Å²) in [6, 6.07) is 23.5. The maximum atomic E-state index is 6.04. The Hall–Kier alpha value is -5.64. The van der Waals surface area contributed by atoms with E-state index in [1.54, 1.807) is 26.7 Å². The normalized spacial score (nSPS) is 11.0. The molecule has 43 heavy (non-hydrogen) atoms. The van der Waals surface area contributed by atoms with Crippen LogP contribution in [0, 0.1) is 13.8 Å². The number of hydrogen-bond acceptors (Lipinski definition) is 9. The fourth-order valence-electron chi connectivity index (χ4n) is 5.01. The molecule has 0 amide bonds. The van der Waals surface area contributed by atoms with Crippen molar-refractivity contribution in [2.45, 2.75) is 20.4 Å². The van der Waals surface area contributed by atoms with Gasteiger partial charge in [-0.25, -0.2) is 19.9 Å². The minimum Gasteiger partial charge on any atom is -0.497 e. The van der Waals surface area contributed by atoms with E-state index < -0.39 is 0 Å². The van der Waals surface area contributed by atoms with Crippen molar-refractivity contribution in [3.63, 3.8) is 0 Å². The maximum absolute atomic E-state index is 6.04. The number of hydrogen-bond donors (Lipinski definition) is 2. The first-order valence-electron chi connectivity index (χ1n) is 13.7. The zero-order valence-corrected chi connectivity index (χ0v) is 24.3. The van der Waals surface area contributed by atoms with E-state index in [9.17, 15) is 0 Å². The van der Waals surface area contributed by atoms with E-state index in [0.29, 0.717) is 29.5 Å². The standard InChI is InChI=1S/C33H31N7O3/c1-20-15-16-35-33(39-20)43-27-14-11-25(17-28(27)42-4)40-30(23-7-9-24(34)10-8-23)21(2)29-31(40)32(38-19-37-29)36-18-22-5-12-26(41-3)13-6-22/h5-17,19H,18,34H2,1-4H3,(H,36,37,38). The third-order valence-electron chi connectivity index (χ3n) is 7.16. The zero-order valence-electron chi connectivity index (χ0n) is 24.3. The summed E-state index contributed by atoms with van der Waals surface area (Å²) >= 11 is 0. The van der Waals surface area contributed by atoms with Crippen LogP contribution in [0.3, 0.4) is 0 Å². The predicted octanol–water partition coefficient (Wildman–Crippen LogP) is 6.50. The van der Waals surface area contributed by atoms with Crippen molar-refractivity contribution < 1.29 is 14.2 Å². The summed E-state index contributed by atoms with van der Waals surface area (Å²) in [5, 5.41) is 3.53. The van der Waals surface area contributed by atoms with Crippen LogP contribution in [0.1, 0.15) is 16.8 Å². The van der Waals surface area contributed by atoms with Gasteiger partial charge in [0.1, 0.15) is 17.6 Å². The number of anilines is 2. The summed E-state index contributed by atoms with van der Waals surface area (Å²) in [6.07, 6.45) is 3.24. The molecule has 0 radical (unpaired) electrons. The highest BCUT2D eigenvalue weighted by molar-refractivity contribution is 5.97. The molecular weight excluding hydrogens is 542 g/mol. The lowest BCUT2D eigenvalue weighted by Crippen LogP contribution is -2.06. The number of nitrogens with two attached hydrogens (primary N) is 1. The van der Waals surface area contributed by atoms with Crippen LogP contribution in [-0.4, -0.2) is 38.7 Å². The second-order valence-corrected chi connectivity index (χ2v) is 9.97. The van der Waals surface area contributed by atoms with Crippen LogP contribution in [0.25, 0.3) is 28.0 Å². The largest absolute Gasteiger partial charge is 0.497 e. The second-order valence-electron chi connectivity index (χ2n) is 9.97. The van der Waals surface area contributed by atoms with Gasteiger partial charge in [0.25, 0.3) is 0 Å². The molecule has 0 spiro atoms.